The third-order valence-corrected chi connectivity index (χ3v) is 5.97. The van der Waals surface area contributed by atoms with E-state index in [-0.39, 0.29) is 22.3 Å². The van der Waals surface area contributed by atoms with Crippen molar-refractivity contribution in [3.63, 3.8) is 0 Å². The zero-order valence-corrected chi connectivity index (χ0v) is 17.6. The molecule has 3 rings (SSSR count). The third kappa shape index (κ3) is 4.76. The van der Waals surface area contributed by atoms with Crippen molar-refractivity contribution in [2.45, 2.75) is 25.7 Å². The van der Waals surface area contributed by atoms with Gasteiger partial charge in [-0.05, 0) is 56.2 Å². The Balaban J connectivity index is 1.79. The van der Waals surface area contributed by atoms with Gasteiger partial charge in [0.1, 0.15) is 17.8 Å². The van der Waals surface area contributed by atoms with E-state index in [1.54, 1.807) is 24.3 Å². The molecule has 0 spiro atoms. The van der Waals surface area contributed by atoms with Gasteiger partial charge < -0.3 is 10.5 Å². The number of aryl methyl sites for hydroxylation is 3. The molecule has 0 radical (unpaired) electrons. The summed E-state index contributed by atoms with van der Waals surface area (Å²) in [6, 6.07) is 9.92. The number of benzene rings is 2. The fourth-order valence-electron chi connectivity index (χ4n) is 2.53. The number of ether oxygens (including phenoxy) is 1. The lowest BCUT2D eigenvalue weighted by Crippen LogP contribution is -2.30. The molecular weight excluding hydrogens is 414 g/mol. The van der Waals surface area contributed by atoms with Gasteiger partial charge in [0.15, 0.2) is 5.82 Å². The zero-order valence-electron chi connectivity index (χ0n) is 16.0. The van der Waals surface area contributed by atoms with E-state index in [0.717, 1.165) is 16.7 Å². The molecule has 1 aromatic heterocycles. The van der Waals surface area contributed by atoms with Gasteiger partial charge in [0.2, 0.25) is 5.88 Å². The van der Waals surface area contributed by atoms with E-state index in [9.17, 15) is 8.42 Å². The molecule has 1 heterocycles. The van der Waals surface area contributed by atoms with Crippen LogP contribution in [0.1, 0.15) is 16.7 Å². The molecule has 0 aliphatic heterocycles. The predicted octanol–water partition coefficient (Wildman–Crippen LogP) is 3.74. The van der Waals surface area contributed by atoms with E-state index >= 15 is 0 Å². The number of nitrogens with one attached hydrogen (secondary N) is 2. The topological polar surface area (TPSA) is 119 Å². The highest BCUT2D eigenvalue weighted by Gasteiger charge is 2.16. The molecule has 152 valence electrons. The summed E-state index contributed by atoms with van der Waals surface area (Å²) in [7, 11) is -3.81. The van der Waals surface area contributed by atoms with Crippen LogP contribution in [0.15, 0.2) is 47.6 Å². The maximum absolute atomic E-state index is 12.4. The first-order chi connectivity index (χ1) is 13.7. The standard InChI is InChI=1S/C19H20ClN5O3S/c1-11-4-6-15(7-5-11)29(26,27)25-24-18-17(21)19(23-10-22-18)28-14-8-12(2)16(20)13(3)9-14/h4-10,25H,21H2,1-3H3,(H,22,23,24). The quantitative estimate of drug-likeness (QED) is 0.506. The highest BCUT2D eigenvalue weighted by atomic mass is 35.5. The molecule has 0 unspecified atom stereocenters. The Labute approximate surface area is 174 Å². The number of halogens is 1. The van der Waals surface area contributed by atoms with E-state index in [2.05, 4.69) is 20.2 Å². The van der Waals surface area contributed by atoms with Crippen LogP contribution in [0.5, 0.6) is 11.6 Å². The second kappa shape index (κ2) is 8.24. The second-order valence-corrected chi connectivity index (χ2v) is 8.52. The molecular formula is C19H20ClN5O3S. The van der Waals surface area contributed by atoms with Crippen LogP contribution in [0.4, 0.5) is 11.5 Å². The molecule has 0 atom stereocenters. The Morgan fingerprint density at radius 1 is 1.03 bits per heavy atom. The van der Waals surface area contributed by atoms with Gasteiger partial charge in [-0.3, -0.25) is 5.43 Å². The van der Waals surface area contributed by atoms with Crippen molar-refractivity contribution in [3.05, 3.63) is 64.4 Å². The molecule has 2 aromatic carbocycles. The van der Waals surface area contributed by atoms with Crippen molar-refractivity contribution in [1.29, 1.82) is 0 Å². The number of hydrazine groups is 1. The largest absolute Gasteiger partial charge is 0.437 e. The molecule has 29 heavy (non-hydrogen) atoms. The summed E-state index contributed by atoms with van der Waals surface area (Å²) in [4.78, 5) is 10.3. The first-order valence-corrected chi connectivity index (χ1v) is 10.4. The molecule has 3 aromatic rings. The summed E-state index contributed by atoms with van der Waals surface area (Å²) in [6.07, 6.45) is 1.21. The number of rotatable bonds is 6. The van der Waals surface area contributed by atoms with Crippen LogP contribution < -0.4 is 20.7 Å². The Morgan fingerprint density at radius 3 is 2.28 bits per heavy atom. The smallest absolute Gasteiger partial charge is 0.257 e. The number of nitrogen functional groups attached to an aromatic ring is 1. The molecule has 0 aliphatic rings. The number of anilines is 2. The van der Waals surface area contributed by atoms with Crippen molar-refractivity contribution >= 4 is 33.1 Å². The molecule has 0 fully saturated rings. The summed E-state index contributed by atoms with van der Waals surface area (Å²) in [6.45, 7) is 5.59. The lowest BCUT2D eigenvalue weighted by atomic mass is 10.1. The monoisotopic (exact) mass is 433 g/mol. The lowest BCUT2D eigenvalue weighted by Gasteiger charge is -2.14. The summed E-state index contributed by atoms with van der Waals surface area (Å²) in [5.74, 6) is 0.646. The predicted molar refractivity (Wildman–Crippen MR) is 113 cm³/mol. The molecule has 10 heteroatoms. The minimum atomic E-state index is -3.81. The second-order valence-electron chi connectivity index (χ2n) is 6.46. The van der Waals surface area contributed by atoms with Gasteiger partial charge in [-0.1, -0.05) is 29.3 Å². The van der Waals surface area contributed by atoms with Crippen molar-refractivity contribution in [2.75, 3.05) is 11.2 Å². The van der Waals surface area contributed by atoms with Crippen molar-refractivity contribution in [3.8, 4) is 11.6 Å². The van der Waals surface area contributed by atoms with Gasteiger partial charge in [0.25, 0.3) is 10.0 Å². The Hall–Kier alpha value is -2.88. The first-order valence-electron chi connectivity index (χ1n) is 8.57. The number of hydrogen-bond donors (Lipinski definition) is 3. The molecule has 0 aliphatic carbocycles. The summed E-state index contributed by atoms with van der Waals surface area (Å²) >= 11 is 6.17. The molecule has 8 nitrogen and oxygen atoms in total. The Bertz CT molecular complexity index is 1130. The Morgan fingerprint density at radius 2 is 1.66 bits per heavy atom. The summed E-state index contributed by atoms with van der Waals surface area (Å²) < 4.78 is 30.6. The number of nitrogens with two attached hydrogens (primary N) is 1. The van der Waals surface area contributed by atoms with Gasteiger partial charge in [-0.25, -0.2) is 13.4 Å². The van der Waals surface area contributed by atoms with E-state index in [0.29, 0.717) is 10.8 Å². The molecule has 0 saturated carbocycles. The van der Waals surface area contributed by atoms with Crippen LogP contribution in [0, 0.1) is 20.8 Å². The minimum absolute atomic E-state index is 0.0457. The van der Waals surface area contributed by atoms with Gasteiger partial charge in [-0.2, -0.15) is 4.98 Å². The SMILES string of the molecule is Cc1ccc(S(=O)(=O)NNc2ncnc(Oc3cc(C)c(Cl)c(C)c3)c2N)cc1. The van der Waals surface area contributed by atoms with Crippen LogP contribution in [0.2, 0.25) is 5.02 Å². The van der Waals surface area contributed by atoms with Crippen LogP contribution in [-0.2, 0) is 10.0 Å². The van der Waals surface area contributed by atoms with Gasteiger partial charge >= 0.3 is 0 Å². The van der Waals surface area contributed by atoms with E-state index in [1.165, 1.54) is 18.5 Å². The molecule has 0 saturated heterocycles. The van der Waals surface area contributed by atoms with Gasteiger partial charge in [0, 0.05) is 5.02 Å². The molecule has 0 amide bonds. The van der Waals surface area contributed by atoms with Crippen LogP contribution in [0.3, 0.4) is 0 Å². The third-order valence-electron chi connectivity index (χ3n) is 4.11. The summed E-state index contributed by atoms with van der Waals surface area (Å²) in [5.41, 5.74) is 11.2. The molecule has 4 N–H and O–H groups in total. The number of sulfonamides is 1. The average Bonchev–Trinajstić information content (AvgIpc) is 2.67. The lowest BCUT2D eigenvalue weighted by molar-refractivity contribution is 0.463. The van der Waals surface area contributed by atoms with Crippen molar-refractivity contribution in [2.24, 2.45) is 0 Å². The average molecular weight is 434 g/mol. The maximum Gasteiger partial charge on any atom is 0.257 e. The van der Waals surface area contributed by atoms with Gasteiger partial charge in [-0.15, -0.1) is 4.83 Å². The van der Waals surface area contributed by atoms with Crippen molar-refractivity contribution in [1.82, 2.24) is 14.8 Å². The first kappa shape index (κ1) is 20.8. The van der Waals surface area contributed by atoms with Crippen LogP contribution >= 0.6 is 11.6 Å². The van der Waals surface area contributed by atoms with Crippen molar-refractivity contribution < 1.29 is 13.2 Å². The van der Waals surface area contributed by atoms with Crippen LogP contribution in [-0.4, -0.2) is 18.4 Å². The molecule has 0 bridgehead atoms. The Kier molecular flexibility index (Phi) is 5.92. The van der Waals surface area contributed by atoms with Gasteiger partial charge in [0.05, 0.1) is 4.90 Å². The fraction of sp³-hybridized carbons (Fsp3) is 0.158. The number of nitrogens with zero attached hydrogens (tertiary/aromatic N) is 2. The maximum atomic E-state index is 12.4. The highest BCUT2D eigenvalue weighted by molar-refractivity contribution is 7.89. The zero-order chi connectivity index (χ0) is 21.2. The normalized spacial score (nSPS) is 11.3. The minimum Gasteiger partial charge on any atom is -0.437 e. The fourth-order valence-corrected chi connectivity index (χ4v) is 3.48. The van der Waals surface area contributed by atoms with Crippen LogP contribution in [0.25, 0.3) is 0 Å². The van der Waals surface area contributed by atoms with E-state index in [1.807, 2.05) is 20.8 Å². The highest BCUT2D eigenvalue weighted by Crippen LogP contribution is 2.32. The number of aromatic nitrogens is 2. The summed E-state index contributed by atoms with van der Waals surface area (Å²) in [5, 5.41) is 0.654. The van der Waals surface area contributed by atoms with E-state index < -0.39 is 10.0 Å². The van der Waals surface area contributed by atoms with E-state index in [4.69, 9.17) is 22.1 Å². The number of hydrogen-bond acceptors (Lipinski definition) is 7.